The molecular weight excluding hydrogens is 254 g/mol. The summed E-state index contributed by atoms with van der Waals surface area (Å²) in [5.74, 6) is 1.28. The molecule has 0 saturated heterocycles. The Morgan fingerprint density at radius 1 is 1.05 bits per heavy atom. The third-order valence-corrected chi connectivity index (χ3v) is 3.01. The smallest absolute Gasteiger partial charge is 0.222 e. The molecule has 0 aliphatic carbocycles. The van der Waals surface area contributed by atoms with Crippen molar-refractivity contribution >= 4 is 22.8 Å². The second kappa shape index (κ2) is 4.65. The standard InChI is InChI=1S/C14H13N5O/c1-20-11-5-3-2-4-9(11)10-6-8-7-17-14(16)19-13(8)18-12(10)15/h2-7H,1H3,(H4,15,16,17,18,19). The largest absolute Gasteiger partial charge is 0.496 e. The van der Waals surface area contributed by atoms with Gasteiger partial charge in [0.1, 0.15) is 11.6 Å². The molecule has 100 valence electrons. The summed E-state index contributed by atoms with van der Waals surface area (Å²) < 4.78 is 5.35. The summed E-state index contributed by atoms with van der Waals surface area (Å²) in [5, 5.41) is 0.773. The number of nitrogen functional groups attached to an aromatic ring is 2. The lowest BCUT2D eigenvalue weighted by Gasteiger charge is -2.11. The SMILES string of the molecule is COc1ccccc1-c1cc2cnc(N)nc2nc1N. The number of benzene rings is 1. The Morgan fingerprint density at radius 2 is 1.85 bits per heavy atom. The second-order valence-corrected chi connectivity index (χ2v) is 4.26. The van der Waals surface area contributed by atoms with Crippen LogP contribution in [0.1, 0.15) is 0 Å². The molecule has 4 N–H and O–H groups in total. The number of rotatable bonds is 2. The summed E-state index contributed by atoms with van der Waals surface area (Å²) in [5.41, 5.74) is 13.7. The van der Waals surface area contributed by atoms with Crippen LogP contribution in [0.2, 0.25) is 0 Å². The van der Waals surface area contributed by atoms with Gasteiger partial charge in [-0.05, 0) is 12.1 Å². The molecule has 1 aromatic carbocycles. The molecule has 0 aliphatic heterocycles. The van der Waals surface area contributed by atoms with Crippen LogP contribution in [0.3, 0.4) is 0 Å². The van der Waals surface area contributed by atoms with E-state index in [1.165, 1.54) is 0 Å². The number of aromatic nitrogens is 3. The van der Waals surface area contributed by atoms with E-state index >= 15 is 0 Å². The normalized spacial score (nSPS) is 10.7. The number of hydrogen-bond donors (Lipinski definition) is 2. The minimum Gasteiger partial charge on any atom is -0.496 e. The number of ether oxygens (including phenoxy) is 1. The van der Waals surface area contributed by atoms with Gasteiger partial charge in [-0.2, -0.15) is 4.98 Å². The van der Waals surface area contributed by atoms with Crippen LogP contribution >= 0.6 is 0 Å². The van der Waals surface area contributed by atoms with Gasteiger partial charge in [0.15, 0.2) is 5.65 Å². The first-order valence-electron chi connectivity index (χ1n) is 6.01. The summed E-state index contributed by atoms with van der Waals surface area (Å²) >= 11 is 0. The van der Waals surface area contributed by atoms with E-state index < -0.39 is 0 Å². The summed E-state index contributed by atoms with van der Waals surface area (Å²) in [6.07, 6.45) is 1.63. The fraction of sp³-hybridized carbons (Fsp3) is 0.0714. The van der Waals surface area contributed by atoms with Crippen LogP contribution in [0, 0.1) is 0 Å². The van der Waals surface area contributed by atoms with E-state index in [2.05, 4.69) is 15.0 Å². The molecule has 0 unspecified atom stereocenters. The average molecular weight is 267 g/mol. The van der Waals surface area contributed by atoms with E-state index in [0.717, 1.165) is 22.3 Å². The third kappa shape index (κ3) is 1.97. The Hall–Kier alpha value is -2.89. The van der Waals surface area contributed by atoms with Crippen molar-refractivity contribution in [3.05, 3.63) is 36.5 Å². The van der Waals surface area contributed by atoms with Crippen molar-refractivity contribution < 1.29 is 4.74 Å². The molecule has 3 aromatic rings. The number of methoxy groups -OCH3 is 1. The van der Waals surface area contributed by atoms with Gasteiger partial charge in [0.05, 0.1) is 7.11 Å². The Labute approximate surface area is 115 Å². The fourth-order valence-electron chi connectivity index (χ4n) is 2.07. The zero-order valence-electron chi connectivity index (χ0n) is 10.9. The average Bonchev–Trinajstić information content (AvgIpc) is 2.46. The van der Waals surface area contributed by atoms with Crippen molar-refractivity contribution in [2.45, 2.75) is 0 Å². The second-order valence-electron chi connectivity index (χ2n) is 4.26. The first-order chi connectivity index (χ1) is 9.69. The highest BCUT2D eigenvalue weighted by molar-refractivity contribution is 5.88. The zero-order valence-corrected chi connectivity index (χ0v) is 10.9. The first-order valence-corrected chi connectivity index (χ1v) is 6.01. The highest BCUT2D eigenvalue weighted by Crippen LogP contribution is 2.34. The van der Waals surface area contributed by atoms with Gasteiger partial charge >= 0.3 is 0 Å². The van der Waals surface area contributed by atoms with Crippen molar-refractivity contribution in [3.63, 3.8) is 0 Å². The minimum atomic E-state index is 0.175. The quantitative estimate of drug-likeness (QED) is 0.735. The molecule has 3 rings (SSSR count). The minimum absolute atomic E-state index is 0.175. The molecule has 0 spiro atoms. The van der Waals surface area contributed by atoms with E-state index in [9.17, 15) is 0 Å². The van der Waals surface area contributed by atoms with E-state index in [4.69, 9.17) is 16.2 Å². The van der Waals surface area contributed by atoms with Gasteiger partial charge in [0.2, 0.25) is 5.95 Å². The van der Waals surface area contributed by atoms with Crippen LogP contribution in [-0.2, 0) is 0 Å². The molecule has 6 heteroatoms. The summed E-state index contributed by atoms with van der Waals surface area (Å²) in [4.78, 5) is 12.3. The maximum absolute atomic E-state index is 6.02. The van der Waals surface area contributed by atoms with Crippen LogP contribution in [0.15, 0.2) is 36.5 Å². The molecule has 6 nitrogen and oxygen atoms in total. The number of anilines is 2. The highest BCUT2D eigenvalue weighted by atomic mass is 16.5. The molecule has 0 radical (unpaired) electrons. The molecule has 2 aromatic heterocycles. The maximum atomic E-state index is 6.02. The molecule has 0 amide bonds. The lowest BCUT2D eigenvalue weighted by Crippen LogP contribution is -2.00. The van der Waals surface area contributed by atoms with Gasteiger partial charge in [-0.15, -0.1) is 0 Å². The van der Waals surface area contributed by atoms with Gasteiger partial charge in [0.25, 0.3) is 0 Å². The highest BCUT2D eigenvalue weighted by Gasteiger charge is 2.11. The van der Waals surface area contributed by atoms with Crippen LogP contribution in [-0.4, -0.2) is 22.1 Å². The van der Waals surface area contributed by atoms with Gasteiger partial charge in [-0.1, -0.05) is 18.2 Å². The van der Waals surface area contributed by atoms with E-state index in [0.29, 0.717) is 11.5 Å². The van der Waals surface area contributed by atoms with E-state index in [1.54, 1.807) is 13.3 Å². The Morgan fingerprint density at radius 3 is 2.65 bits per heavy atom. The molecule has 20 heavy (non-hydrogen) atoms. The third-order valence-electron chi connectivity index (χ3n) is 3.01. The molecule has 2 heterocycles. The van der Waals surface area contributed by atoms with Crippen molar-refractivity contribution in [2.24, 2.45) is 0 Å². The topological polar surface area (TPSA) is 99.9 Å². The van der Waals surface area contributed by atoms with Crippen molar-refractivity contribution in [1.29, 1.82) is 0 Å². The van der Waals surface area contributed by atoms with Crippen molar-refractivity contribution in [3.8, 4) is 16.9 Å². The van der Waals surface area contributed by atoms with Crippen molar-refractivity contribution in [1.82, 2.24) is 15.0 Å². The Balaban J connectivity index is 2.26. The summed E-state index contributed by atoms with van der Waals surface area (Å²) in [7, 11) is 1.62. The molecular formula is C14H13N5O. The van der Waals surface area contributed by atoms with E-state index in [1.807, 2.05) is 30.3 Å². The number of nitrogens with two attached hydrogens (primary N) is 2. The predicted octanol–water partition coefficient (Wildman–Crippen LogP) is 1.86. The first kappa shape index (κ1) is 12.2. The van der Waals surface area contributed by atoms with E-state index in [-0.39, 0.29) is 5.95 Å². The van der Waals surface area contributed by atoms with Crippen LogP contribution in [0.4, 0.5) is 11.8 Å². The van der Waals surface area contributed by atoms with Gasteiger partial charge in [-0.25, -0.2) is 9.97 Å². The molecule has 0 saturated carbocycles. The number of para-hydroxylation sites is 1. The summed E-state index contributed by atoms with van der Waals surface area (Å²) in [6, 6.07) is 9.50. The monoisotopic (exact) mass is 267 g/mol. The van der Waals surface area contributed by atoms with Crippen LogP contribution in [0.5, 0.6) is 5.75 Å². The number of fused-ring (bicyclic) bond motifs is 1. The predicted molar refractivity (Wildman–Crippen MR) is 78.1 cm³/mol. The van der Waals surface area contributed by atoms with Gasteiger partial charge in [-0.3, -0.25) is 0 Å². The number of nitrogens with zero attached hydrogens (tertiary/aromatic N) is 3. The number of hydrogen-bond acceptors (Lipinski definition) is 6. The number of pyridine rings is 1. The molecule has 0 aliphatic rings. The lowest BCUT2D eigenvalue weighted by atomic mass is 10.0. The molecule has 0 fully saturated rings. The van der Waals surface area contributed by atoms with Crippen LogP contribution in [0.25, 0.3) is 22.2 Å². The zero-order chi connectivity index (χ0) is 14.1. The lowest BCUT2D eigenvalue weighted by molar-refractivity contribution is 0.416. The van der Waals surface area contributed by atoms with Crippen molar-refractivity contribution in [2.75, 3.05) is 18.6 Å². The fourth-order valence-corrected chi connectivity index (χ4v) is 2.07. The van der Waals surface area contributed by atoms with Gasteiger partial charge < -0.3 is 16.2 Å². The maximum Gasteiger partial charge on any atom is 0.222 e. The van der Waals surface area contributed by atoms with Gasteiger partial charge in [0, 0.05) is 22.7 Å². The molecule has 0 atom stereocenters. The Kier molecular flexibility index (Phi) is 2.83. The molecule has 0 bridgehead atoms. The van der Waals surface area contributed by atoms with Crippen LogP contribution < -0.4 is 16.2 Å². The summed E-state index contributed by atoms with van der Waals surface area (Å²) in [6.45, 7) is 0. The Bertz CT molecular complexity index is 788.